The smallest absolute Gasteiger partial charge is 0.174 e. The van der Waals surface area contributed by atoms with Gasteiger partial charge in [0.25, 0.3) is 0 Å². The Morgan fingerprint density at radius 2 is 2.38 bits per heavy atom. The average molecular weight is 121 g/mol. The van der Waals surface area contributed by atoms with Gasteiger partial charge in [-0.05, 0) is 12.2 Å². The van der Waals surface area contributed by atoms with Crippen LogP contribution in [0.2, 0.25) is 0 Å². The van der Waals surface area contributed by atoms with E-state index in [9.17, 15) is 4.57 Å². The minimum atomic E-state index is -1.78. The summed E-state index contributed by atoms with van der Waals surface area (Å²) in [7, 11) is -1.78. The summed E-state index contributed by atoms with van der Waals surface area (Å²) in [6, 6.07) is 0. The molecule has 3 heterocycles. The minimum absolute atomic E-state index is 1.02. The van der Waals surface area contributed by atoms with Crippen LogP contribution in [-0.4, -0.2) is 0 Å². The second kappa shape index (κ2) is 0.629. The number of hydrogen-bond acceptors (Lipinski definition) is 1. The summed E-state index contributed by atoms with van der Waals surface area (Å²) in [6.45, 7) is 0. The van der Waals surface area contributed by atoms with Crippen LogP contribution in [-0.2, 0) is 4.57 Å². The zero-order valence-corrected chi connectivity index (χ0v) is 4.90. The molecule has 1 unspecified atom stereocenters. The first-order chi connectivity index (χ1) is 3.85. The first kappa shape index (κ1) is 3.47. The average Bonchev–Trinajstić information content (AvgIpc) is 2.60. The quantitative estimate of drug-likeness (QED) is 0.447. The molecule has 1 fully saturated rings. The van der Waals surface area contributed by atoms with Crippen LogP contribution in [0.4, 0.5) is 0 Å². The molecule has 37 valence electrons. The van der Waals surface area contributed by atoms with Crippen molar-refractivity contribution in [1.29, 1.82) is 0 Å². The highest BCUT2D eigenvalue weighted by molar-refractivity contribution is 7.94. The maximum Gasteiger partial charge on any atom is 0.174 e. The second-order valence-electron chi connectivity index (χ2n) is 2.17. The van der Waals surface area contributed by atoms with E-state index in [4.69, 9.17) is 0 Å². The molecule has 0 amide bonds. The monoisotopic (exact) mass is 121 g/mol. The lowest BCUT2D eigenvalue weighted by Gasteiger charge is -1.90. The molecule has 0 N–H and O–H groups in total. The van der Waals surface area contributed by atoms with Gasteiger partial charge in [-0.15, -0.1) is 0 Å². The van der Waals surface area contributed by atoms with Crippen molar-refractivity contribution >= 4 is 7.14 Å². The van der Waals surface area contributed by atoms with Crippen LogP contribution in [0.3, 0.4) is 0 Å². The fraction of sp³-hybridized carbons (Fsp3) is 0. The molecule has 0 spiro atoms. The van der Waals surface area contributed by atoms with E-state index in [0.717, 1.165) is 15.9 Å². The van der Waals surface area contributed by atoms with Gasteiger partial charge in [-0.2, -0.15) is 0 Å². The predicted molar refractivity (Wildman–Crippen MR) is 30.5 cm³/mol. The first-order valence-corrected chi connectivity index (χ1v) is 4.22. The Labute approximate surface area is 46.8 Å². The summed E-state index contributed by atoms with van der Waals surface area (Å²) in [4.78, 5) is 0. The van der Waals surface area contributed by atoms with Crippen molar-refractivity contribution in [1.82, 2.24) is 0 Å². The molecule has 3 aliphatic heterocycles. The molecule has 0 aromatic rings. The maximum atomic E-state index is 11.1. The number of allylic oxidation sites excluding steroid dienone is 6. The van der Waals surface area contributed by atoms with Gasteiger partial charge in [0.1, 0.15) is 0 Å². The third-order valence-electron chi connectivity index (χ3n) is 1.80. The Kier molecular flexibility index (Phi) is 0.273. The van der Waals surface area contributed by atoms with Gasteiger partial charge in [-0.1, -0.05) is 6.08 Å². The lowest BCUT2D eigenvalue weighted by atomic mass is 10.3. The zero-order valence-electron chi connectivity index (χ0n) is 4.01. The van der Waals surface area contributed by atoms with E-state index >= 15 is 0 Å². The highest BCUT2D eigenvalue weighted by Crippen LogP contribution is 3.02. The Morgan fingerprint density at radius 1 is 1.62 bits per heavy atom. The van der Waals surface area contributed by atoms with Crippen molar-refractivity contribution < 1.29 is 4.57 Å². The number of hydrogen-bond donors (Lipinski definition) is 0. The number of rotatable bonds is 0. The van der Waals surface area contributed by atoms with Crippen molar-refractivity contribution in [3.05, 3.63) is 34.2 Å². The van der Waals surface area contributed by atoms with Crippen LogP contribution in [0.15, 0.2) is 28.1 Å². The molecule has 0 aliphatic carbocycles. The molecule has 3 aliphatic rings. The summed E-state index contributed by atoms with van der Waals surface area (Å²) in [6.07, 6.45) is 6.69. The summed E-state index contributed by atoms with van der Waals surface area (Å²) < 4.78 is 11.1. The Balaban J connectivity index is 2.56. The van der Waals surface area contributed by atoms with E-state index < -0.39 is 7.14 Å². The van der Waals surface area contributed by atoms with E-state index in [-0.39, 0.29) is 0 Å². The molecule has 1 nitrogen and oxygen atoms in total. The SMILES string of the molecule is O=P12C3=[C]C=CC1=C32. The van der Waals surface area contributed by atoms with E-state index in [1.165, 1.54) is 0 Å². The minimum Gasteiger partial charge on any atom is -0.309 e. The van der Waals surface area contributed by atoms with E-state index in [1.54, 1.807) is 0 Å². The van der Waals surface area contributed by atoms with Crippen LogP contribution in [0.1, 0.15) is 0 Å². The Hall–Kier alpha value is -0.550. The van der Waals surface area contributed by atoms with Crippen LogP contribution in [0.5, 0.6) is 0 Å². The van der Waals surface area contributed by atoms with Crippen LogP contribution >= 0.6 is 7.14 Å². The largest absolute Gasteiger partial charge is 0.309 e. The standard InChI is InChI=1S/C6H2OP/c7-8-4-2-1-3-5(8)6(4)8/h1-2H. The van der Waals surface area contributed by atoms with Gasteiger partial charge in [-0.25, -0.2) is 0 Å². The van der Waals surface area contributed by atoms with Gasteiger partial charge < -0.3 is 4.57 Å². The lowest BCUT2D eigenvalue weighted by molar-refractivity contribution is 0.596. The van der Waals surface area contributed by atoms with Crippen LogP contribution < -0.4 is 0 Å². The predicted octanol–water partition coefficient (Wildman–Crippen LogP) is 1.85. The molecular formula is C6H2OP. The molecule has 1 atom stereocenters. The highest BCUT2D eigenvalue weighted by Gasteiger charge is 2.70. The van der Waals surface area contributed by atoms with Crippen molar-refractivity contribution in [2.75, 3.05) is 0 Å². The molecule has 0 aromatic heterocycles. The van der Waals surface area contributed by atoms with Gasteiger partial charge in [0.2, 0.25) is 0 Å². The summed E-state index contributed by atoms with van der Waals surface area (Å²) in [5.41, 5.74) is 0. The van der Waals surface area contributed by atoms with Gasteiger partial charge in [-0.3, -0.25) is 0 Å². The molecule has 1 saturated heterocycles. The van der Waals surface area contributed by atoms with Crippen molar-refractivity contribution in [3.8, 4) is 0 Å². The fourth-order valence-corrected chi connectivity index (χ4v) is 3.70. The van der Waals surface area contributed by atoms with Crippen LogP contribution in [0.25, 0.3) is 0 Å². The Bertz CT molecular complexity index is 305. The normalized spacial score (nSPS) is 43.8. The van der Waals surface area contributed by atoms with Crippen molar-refractivity contribution in [2.45, 2.75) is 0 Å². The third-order valence-corrected chi connectivity index (χ3v) is 4.48. The first-order valence-electron chi connectivity index (χ1n) is 2.51. The lowest BCUT2D eigenvalue weighted by Crippen LogP contribution is -1.69. The topological polar surface area (TPSA) is 17.1 Å². The highest BCUT2D eigenvalue weighted by atomic mass is 31.2. The van der Waals surface area contributed by atoms with Gasteiger partial charge in [0, 0.05) is 15.9 Å². The molecule has 8 heavy (non-hydrogen) atoms. The molecule has 0 bridgehead atoms. The molecule has 0 saturated carbocycles. The second-order valence-corrected chi connectivity index (χ2v) is 4.76. The molecule has 2 heteroatoms. The molecule has 3 rings (SSSR count). The van der Waals surface area contributed by atoms with Gasteiger partial charge in [0.15, 0.2) is 7.14 Å². The van der Waals surface area contributed by atoms with Crippen molar-refractivity contribution in [3.63, 3.8) is 0 Å². The molecular weight excluding hydrogens is 119 g/mol. The van der Waals surface area contributed by atoms with Crippen LogP contribution in [0, 0.1) is 6.08 Å². The van der Waals surface area contributed by atoms with Crippen molar-refractivity contribution in [2.24, 2.45) is 0 Å². The summed E-state index contributed by atoms with van der Waals surface area (Å²) in [5, 5.41) is 3.28. The summed E-state index contributed by atoms with van der Waals surface area (Å²) in [5.74, 6) is 0. The molecule has 1 radical (unpaired) electrons. The maximum absolute atomic E-state index is 11.1. The van der Waals surface area contributed by atoms with Gasteiger partial charge in [0.05, 0.1) is 0 Å². The van der Waals surface area contributed by atoms with E-state index in [0.29, 0.717) is 0 Å². The fourth-order valence-electron chi connectivity index (χ4n) is 1.21. The van der Waals surface area contributed by atoms with E-state index in [1.807, 2.05) is 12.2 Å². The Morgan fingerprint density at radius 3 is 2.62 bits per heavy atom. The third kappa shape index (κ3) is 0.143. The zero-order chi connectivity index (χ0) is 5.35. The van der Waals surface area contributed by atoms with Gasteiger partial charge >= 0.3 is 0 Å². The summed E-state index contributed by atoms with van der Waals surface area (Å²) >= 11 is 0. The molecule has 0 aromatic carbocycles. The van der Waals surface area contributed by atoms with E-state index in [2.05, 4.69) is 6.08 Å². The number of fused-ring (bicyclic) bond motifs is 1.